The van der Waals surface area contributed by atoms with Crippen LogP contribution in [0.5, 0.6) is 0 Å². The van der Waals surface area contributed by atoms with Crippen molar-refractivity contribution in [1.82, 2.24) is 4.90 Å². The van der Waals surface area contributed by atoms with Crippen LogP contribution in [-0.2, 0) is 0 Å². The fraction of sp³-hybridized carbons (Fsp3) is 0.636. The molecule has 0 spiro atoms. The van der Waals surface area contributed by atoms with Gasteiger partial charge in [0.15, 0.2) is 0 Å². The number of hydrogen-bond acceptors (Lipinski definition) is 1. The molecule has 0 amide bonds. The second kappa shape index (κ2) is 6.96. The Balaban J connectivity index is 3.53. The normalized spacial score (nSPS) is 9.50. The van der Waals surface area contributed by atoms with Crippen LogP contribution >= 0.6 is 0 Å². The molecule has 0 aromatic carbocycles. The van der Waals surface area contributed by atoms with Gasteiger partial charge in [-0.05, 0) is 19.3 Å². The second-order valence-corrected chi connectivity index (χ2v) is 3.17. The summed E-state index contributed by atoms with van der Waals surface area (Å²) in [6.45, 7) is 11.1. The van der Waals surface area contributed by atoms with Crippen molar-refractivity contribution in [2.24, 2.45) is 0 Å². The van der Waals surface area contributed by atoms with Crippen LogP contribution in [0.1, 0.15) is 32.6 Å². The Kier molecular flexibility index (Phi) is 6.54. The van der Waals surface area contributed by atoms with E-state index in [1.165, 1.54) is 18.5 Å². The van der Waals surface area contributed by atoms with Gasteiger partial charge in [0, 0.05) is 19.3 Å². The number of unbranched alkanes of at least 4 members (excludes halogenated alkanes) is 1. The Morgan fingerprint density at radius 3 is 2.67 bits per heavy atom. The fourth-order valence-electron chi connectivity index (χ4n) is 1.01. The number of allylic oxidation sites excluding steroid dienone is 2. The molecule has 0 rings (SSSR count). The molecule has 0 atom stereocenters. The molecule has 0 N–H and O–H groups in total. The summed E-state index contributed by atoms with van der Waals surface area (Å²) < 4.78 is 0. The molecule has 0 aromatic rings. The van der Waals surface area contributed by atoms with E-state index in [0.717, 1.165) is 19.4 Å². The van der Waals surface area contributed by atoms with E-state index in [-0.39, 0.29) is 0 Å². The van der Waals surface area contributed by atoms with Crippen molar-refractivity contribution in [3.63, 3.8) is 0 Å². The highest BCUT2D eigenvalue weighted by Gasteiger charge is 1.99. The smallest absolute Gasteiger partial charge is 0.0171 e. The van der Waals surface area contributed by atoms with E-state index in [0.29, 0.717) is 0 Å². The third kappa shape index (κ3) is 5.00. The zero-order valence-electron chi connectivity index (χ0n) is 8.47. The molecule has 1 heteroatoms. The predicted molar refractivity (Wildman–Crippen MR) is 56.1 cm³/mol. The summed E-state index contributed by atoms with van der Waals surface area (Å²) in [4.78, 5) is 2.24. The van der Waals surface area contributed by atoms with E-state index < -0.39 is 0 Å². The molecule has 0 saturated heterocycles. The maximum atomic E-state index is 4.02. The van der Waals surface area contributed by atoms with Gasteiger partial charge in [0.2, 0.25) is 0 Å². The minimum absolute atomic E-state index is 1.04. The average molecular weight is 167 g/mol. The summed E-state index contributed by atoms with van der Waals surface area (Å²) in [5.74, 6) is 0. The Bertz CT molecular complexity index is 138. The highest BCUT2D eigenvalue weighted by Crippen LogP contribution is 2.08. The van der Waals surface area contributed by atoms with Crippen molar-refractivity contribution in [3.05, 3.63) is 24.9 Å². The lowest BCUT2D eigenvalue weighted by molar-refractivity contribution is 0.394. The summed E-state index contributed by atoms with van der Waals surface area (Å²) >= 11 is 0. The maximum Gasteiger partial charge on any atom is 0.0171 e. The van der Waals surface area contributed by atoms with E-state index in [1.54, 1.807) is 0 Å². The van der Waals surface area contributed by atoms with Crippen molar-refractivity contribution in [2.45, 2.75) is 32.6 Å². The number of rotatable bonds is 7. The van der Waals surface area contributed by atoms with Gasteiger partial charge in [-0.2, -0.15) is 0 Å². The van der Waals surface area contributed by atoms with Crippen molar-refractivity contribution in [1.29, 1.82) is 0 Å². The van der Waals surface area contributed by atoms with Gasteiger partial charge in [-0.25, -0.2) is 0 Å². The average Bonchev–Trinajstić information content (AvgIpc) is 2.10. The molecule has 0 aromatic heterocycles. The highest BCUT2D eigenvalue weighted by atomic mass is 15.1. The van der Waals surface area contributed by atoms with Crippen molar-refractivity contribution in [2.75, 3.05) is 13.6 Å². The molecule has 0 unspecified atom stereocenters. The Hall–Kier alpha value is -0.720. The Labute approximate surface area is 76.8 Å². The minimum atomic E-state index is 1.04. The topological polar surface area (TPSA) is 3.24 Å². The first-order chi connectivity index (χ1) is 5.72. The largest absolute Gasteiger partial charge is 0.378 e. The van der Waals surface area contributed by atoms with Crippen LogP contribution in [0.25, 0.3) is 0 Å². The first kappa shape index (κ1) is 11.3. The lowest BCUT2D eigenvalue weighted by Gasteiger charge is -2.20. The van der Waals surface area contributed by atoms with Gasteiger partial charge < -0.3 is 4.90 Å². The molecule has 70 valence electrons. The van der Waals surface area contributed by atoms with E-state index in [4.69, 9.17) is 0 Å². The minimum Gasteiger partial charge on any atom is -0.378 e. The first-order valence-electron chi connectivity index (χ1n) is 4.72. The molecule has 0 bridgehead atoms. The predicted octanol–water partition coefficient (Wildman–Crippen LogP) is 3.20. The third-order valence-corrected chi connectivity index (χ3v) is 2.02. The molecule has 1 nitrogen and oxygen atoms in total. The van der Waals surface area contributed by atoms with Crippen molar-refractivity contribution >= 4 is 0 Å². The van der Waals surface area contributed by atoms with Gasteiger partial charge in [-0.1, -0.05) is 26.0 Å². The Morgan fingerprint density at radius 2 is 2.17 bits per heavy atom. The van der Waals surface area contributed by atoms with Gasteiger partial charge >= 0.3 is 0 Å². The van der Waals surface area contributed by atoms with Crippen LogP contribution < -0.4 is 0 Å². The van der Waals surface area contributed by atoms with Crippen molar-refractivity contribution < 1.29 is 0 Å². The second-order valence-electron chi connectivity index (χ2n) is 3.17. The van der Waals surface area contributed by atoms with Gasteiger partial charge in [-0.15, -0.1) is 6.58 Å². The maximum absolute atomic E-state index is 4.02. The molecular formula is C11H21N. The van der Waals surface area contributed by atoms with Crippen LogP contribution in [0.3, 0.4) is 0 Å². The quantitative estimate of drug-likeness (QED) is 0.526. The molecular weight excluding hydrogens is 146 g/mol. The van der Waals surface area contributed by atoms with E-state index in [1.807, 2.05) is 6.08 Å². The summed E-state index contributed by atoms with van der Waals surface area (Å²) in [5, 5.41) is 0. The van der Waals surface area contributed by atoms with E-state index >= 15 is 0 Å². The summed E-state index contributed by atoms with van der Waals surface area (Å²) in [5.41, 5.74) is 1.23. The van der Waals surface area contributed by atoms with E-state index in [2.05, 4.69) is 32.0 Å². The molecule has 0 aliphatic rings. The van der Waals surface area contributed by atoms with E-state index in [9.17, 15) is 0 Å². The number of nitrogens with zero attached hydrogens (tertiary/aromatic N) is 1. The molecule has 0 aliphatic heterocycles. The molecule has 0 aliphatic carbocycles. The fourth-order valence-corrected chi connectivity index (χ4v) is 1.01. The van der Waals surface area contributed by atoms with Crippen LogP contribution in [-0.4, -0.2) is 18.5 Å². The van der Waals surface area contributed by atoms with Crippen LogP contribution in [0.2, 0.25) is 0 Å². The summed E-state index contributed by atoms with van der Waals surface area (Å²) in [6.07, 6.45) is 6.53. The lowest BCUT2D eigenvalue weighted by atomic mass is 10.2. The van der Waals surface area contributed by atoms with Crippen molar-refractivity contribution in [3.8, 4) is 0 Å². The number of hydrogen-bond donors (Lipinski definition) is 0. The summed E-state index contributed by atoms with van der Waals surface area (Å²) in [7, 11) is 2.11. The molecule has 0 fully saturated rings. The van der Waals surface area contributed by atoms with Gasteiger partial charge in [0.25, 0.3) is 0 Å². The highest BCUT2D eigenvalue weighted by molar-refractivity contribution is 4.93. The van der Waals surface area contributed by atoms with Crippen LogP contribution in [0, 0.1) is 0 Å². The molecule has 0 saturated carbocycles. The van der Waals surface area contributed by atoms with Gasteiger partial charge in [0.05, 0.1) is 0 Å². The monoisotopic (exact) mass is 167 g/mol. The SMILES string of the molecule is C=CCCC(=C)N(C)CCCC. The van der Waals surface area contributed by atoms with Crippen LogP contribution in [0.15, 0.2) is 24.9 Å². The standard InChI is InChI=1S/C11H21N/c1-5-7-9-11(3)12(4)10-8-6-2/h5H,1,3,6-10H2,2,4H3. The molecule has 12 heavy (non-hydrogen) atoms. The molecule has 0 radical (unpaired) electrons. The third-order valence-electron chi connectivity index (χ3n) is 2.02. The Morgan fingerprint density at radius 1 is 1.50 bits per heavy atom. The van der Waals surface area contributed by atoms with Crippen LogP contribution in [0.4, 0.5) is 0 Å². The van der Waals surface area contributed by atoms with Gasteiger partial charge in [0.1, 0.15) is 0 Å². The lowest BCUT2D eigenvalue weighted by Crippen LogP contribution is -2.17. The zero-order chi connectivity index (χ0) is 9.40. The van der Waals surface area contributed by atoms with Gasteiger partial charge in [-0.3, -0.25) is 0 Å². The summed E-state index contributed by atoms with van der Waals surface area (Å²) in [6, 6.07) is 0. The molecule has 0 heterocycles. The first-order valence-corrected chi connectivity index (χ1v) is 4.72. The zero-order valence-corrected chi connectivity index (χ0v) is 8.47.